The summed E-state index contributed by atoms with van der Waals surface area (Å²) in [5, 5.41) is 0.621. The summed E-state index contributed by atoms with van der Waals surface area (Å²) in [5.41, 5.74) is 6.29. The van der Waals surface area contributed by atoms with Crippen LogP contribution in [0, 0.1) is 5.92 Å². The van der Waals surface area contributed by atoms with Crippen LogP contribution in [-0.2, 0) is 11.3 Å². The summed E-state index contributed by atoms with van der Waals surface area (Å²) < 4.78 is 5.50. The van der Waals surface area contributed by atoms with Gasteiger partial charge in [-0.1, -0.05) is 24.4 Å². The van der Waals surface area contributed by atoms with Crippen LogP contribution in [0.5, 0.6) is 0 Å². The highest BCUT2D eigenvalue weighted by Gasteiger charge is 2.20. The lowest BCUT2D eigenvalue weighted by Gasteiger charge is -2.05. The first kappa shape index (κ1) is 10.7. The molecule has 15 heavy (non-hydrogen) atoms. The molecule has 3 nitrogen and oxygen atoms in total. The van der Waals surface area contributed by atoms with E-state index < -0.39 is 0 Å². The number of hydrogen-bond donors (Lipinski definition) is 1. The summed E-state index contributed by atoms with van der Waals surface area (Å²) in [6, 6.07) is 3.44. The number of nitrogens with zero attached hydrogens (tertiary/aromatic N) is 1. The molecular formula is C11H15ClN2O. The Labute approximate surface area is 94.6 Å². The van der Waals surface area contributed by atoms with Crippen molar-refractivity contribution in [3.63, 3.8) is 0 Å². The molecule has 0 aromatic carbocycles. The second kappa shape index (κ2) is 4.81. The summed E-state index contributed by atoms with van der Waals surface area (Å²) >= 11 is 5.95. The van der Waals surface area contributed by atoms with Crippen LogP contribution in [0.15, 0.2) is 12.1 Å². The van der Waals surface area contributed by atoms with Gasteiger partial charge in [-0.3, -0.25) is 0 Å². The topological polar surface area (TPSA) is 48.1 Å². The van der Waals surface area contributed by atoms with Gasteiger partial charge >= 0.3 is 0 Å². The molecule has 0 aliphatic heterocycles. The standard InChI is InChI=1S/C11H15ClN2O/c12-9-3-4-11(13)14-10(9)7-15-6-5-8-1-2-8/h3-4,8H,1-2,5-7H2,(H2,13,14). The average molecular weight is 227 g/mol. The van der Waals surface area contributed by atoms with Crippen molar-refractivity contribution in [3.05, 3.63) is 22.8 Å². The summed E-state index contributed by atoms with van der Waals surface area (Å²) in [5.74, 6) is 1.38. The van der Waals surface area contributed by atoms with Gasteiger partial charge in [0.1, 0.15) is 5.82 Å². The zero-order chi connectivity index (χ0) is 10.7. The van der Waals surface area contributed by atoms with E-state index in [1.54, 1.807) is 12.1 Å². The lowest BCUT2D eigenvalue weighted by Crippen LogP contribution is -2.01. The van der Waals surface area contributed by atoms with Crippen LogP contribution in [0.3, 0.4) is 0 Å². The van der Waals surface area contributed by atoms with Gasteiger partial charge in [-0.15, -0.1) is 0 Å². The average Bonchev–Trinajstić information content (AvgIpc) is 3.01. The van der Waals surface area contributed by atoms with Crippen molar-refractivity contribution in [2.75, 3.05) is 12.3 Å². The van der Waals surface area contributed by atoms with Gasteiger partial charge in [0, 0.05) is 6.61 Å². The Balaban J connectivity index is 1.78. The second-order valence-corrected chi connectivity index (χ2v) is 4.36. The first-order valence-electron chi connectivity index (χ1n) is 5.24. The van der Waals surface area contributed by atoms with Gasteiger partial charge in [-0.25, -0.2) is 4.98 Å². The van der Waals surface area contributed by atoms with Crippen molar-refractivity contribution in [1.29, 1.82) is 0 Å². The minimum atomic E-state index is 0.455. The largest absolute Gasteiger partial charge is 0.384 e. The Morgan fingerprint density at radius 1 is 1.47 bits per heavy atom. The van der Waals surface area contributed by atoms with Crippen molar-refractivity contribution < 1.29 is 4.74 Å². The van der Waals surface area contributed by atoms with Gasteiger partial charge < -0.3 is 10.5 Å². The molecule has 4 heteroatoms. The van der Waals surface area contributed by atoms with Gasteiger partial charge in [0.05, 0.1) is 17.3 Å². The van der Waals surface area contributed by atoms with E-state index in [2.05, 4.69) is 4.98 Å². The molecule has 0 bridgehead atoms. The highest BCUT2D eigenvalue weighted by atomic mass is 35.5. The Morgan fingerprint density at radius 3 is 3.00 bits per heavy atom. The molecule has 0 atom stereocenters. The predicted octanol–water partition coefficient (Wildman–Crippen LogP) is 2.63. The van der Waals surface area contributed by atoms with E-state index in [9.17, 15) is 0 Å². The lowest BCUT2D eigenvalue weighted by atomic mass is 10.3. The number of anilines is 1. The normalized spacial score (nSPS) is 15.5. The van der Waals surface area contributed by atoms with E-state index >= 15 is 0 Å². The molecule has 1 aliphatic rings. The summed E-state index contributed by atoms with van der Waals surface area (Å²) in [7, 11) is 0. The highest BCUT2D eigenvalue weighted by molar-refractivity contribution is 6.31. The maximum atomic E-state index is 5.95. The fourth-order valence-corrected chi connectivity index (χ4v) is 1.59. The maximum absolute atomic E-state index is 5.95. The van der Waals surface area contributed by atoms with Crippen molar-refractivity contribution in [2.45, 2.75) is 25.9 Å². The molecule has 1 fully saturated rings. The zero-order valence-electron chi connectivity index (χ0n) is 8.58. The van der Waals surface area contributed by atoms with Gasteiger partial charge in [-0.05, 0) is 24.5 Å². The Hall–Kier alpha value is -0.800. The van der Waals surface area contributed by atoms with Crippen molar-refractivity contribution in [1.82, 2.24) is 4.98 Å². The smallest absolute Gasteiger partial charge is 0.123 e. The second-order valence-electron chi connectivity index (χ2n) is 3.95. The van der Waals surface area contributed by atoms with E-state index in [4.69, 9.17) is 22.1 Å². The van der Waals surface area contributed by atoms with Crippen LogP contribution < -0.4 is 5.73 Å². The molecule has 1 aromatic rings. The van der Waals surface area contributed by atoms with E-state index in [0.29, 0.717) is 17.4 Å². The lowest BCUT2D eigenvalue weighted by molar-refractivity contribution is 0.113. The van der Waals surface area contributed by atoms with Crippen LogP contribution >= 0.6 is 11.6 Å². The molecule has 0 amide bonds. The fraction of sp³-hybridized carbons (Fsp3) is 0.545. The highest BCUT2D eigenvalue weighted by Crippen LogP contribution is 2.32. The number of hydrogen-bond acceptors (Lipinski definition) is 3. The molecule has 0 saturated heterocycles. The predicted molar refractivity (Wildman–Crippen MR) is 60.7 cm³/mol. The third-order valence-corrected chi connectivity index (χ3v) is 2.89. The van der Waals surface area contributed by atoms with Gasteiger partial charge in [0.2, 0.25) is 0 Å². The number of pyridine rings is 1. The molecule has 1 heterocycles. The number of nitrogen functional groups attached to an aromatic ring is 1. The maximum Gasteiger partial charge on any atom is 0.123 e. The quantitative estimate of drug-likeness (QED) is 0.786. The van der Waals surface area contributed by atoms with Gasteiger partial charge in [-0.2, -0.15) is 0 Å². The van der Waals surface area contributed by atoms with E-state index in [1.165, 1.54) is 12.8 Å². The molecule has 1 saturated carbocycles. The monoisotopic (exact) mass is 226 g/mol. The fourth-order valence-electron chi connectivity index (χ4n) is 1.43. The summed E-state index contributed by atoms with van der Waals surface area (Å²) in [6.45, 7) is 1.24. The zero-order valence-corrected chi connectivity index (χ0v) is 9.33. The van der Waals surface area contributed by atoms with Crippen molar-refractivity contribution in [3.8, 4) is 0 Å². The molecule has 82 valence electrons. The number of halogens is 1. The Morgan fingerprint density at radius 2 is 2.27 bits per heavy atom. The Kier molecular flexibility index (Phi) is 3.44. The van der Waals surface area contributed by atoms with E-state index in [-0.39, 0.29) is 0 Å². The van der Waals surface area contributed by atoms with E-state index in [1.807, 2.05) is 0 Å². The van der Waals surface area contributed by atoms with Crippen molar-refractivity contribution >= 4 is 17.4 Å². The number of ether oxygens (including phenoxy) is 1. The van der Waals surface area contributed by atoms with Gasteiger partial charge in [0.15, 0.2) is 0 Å². The Bertz CT molecular complexity index is 339. The van der Waals surface area contributed by atoms with Crippen LogP contribution in [0.1, 0.15) is 25.0 Å². The first-order chi connectivity index (χ1) is 7.25. The molecule has 2 rings (SSSR count). The molecule has 1 aromatic heterocycles. The molecule has 2 N–H and O–H groups in total. The van der Waals surface area contributed by atoms with Crippen LogP contribution in [-0.4, -0.2) is 11.6 Å². The SMILES string of the molecule is Nc1ccc(Cl)c(COCCC2CC2)n1. The first-order valence-corrected chi connectivity index (χ1v) is 5.62. The minimum Gasteiger partial charge on any atom is -0.384 e. The van der Waals surface area contributed by atoms with Gasteiger partial charge in [0.25, 0.3) is 0 Å². The summed E-state index contributed by atoms with van der Waals surface area (Å²) in [4.78, 5) is 4.13. The van der Waals surface area contributed by atoms with Crippen molar-refractivity contribution in [2.24, 2.45) is 5.92 Å². The summed E-state index contributed by atoms with van der Waals surface area (Å²) in [6.07, 6.45) is 3.88. The third kappa shape index (κ3) is 3.36. The number of rotatable bonds is 5. The van der Waals surface area contributed by atoms with Crippen LogP contribution in [0.2, 0.25) is 5.02 Å². The van der Waals surface area contributed by atoms with Crippen LogP contribution in [0.25, 0.3) is 0 Å². The molecule has 0 radical (unpaired) electrons. The van der Waals surface area contributed by atoms with E-state index in [0.717, 1.165) is 24.6 Å². The molecule has 0 spiro atoms. The molecule has 1 aliphatic carbocycles. The number of aromatic nitrogens is 1. The number of nitrogens with two attached hydrogens (primary N) is 1. The minimum absolute atomic E-state index is 0.455. The third-order valence-electron chi connectivity index (χ3n) is 2.55. The molecular weight excluding hydrogens is 212 g/mol. The molecule has 0 unspecified atom stereocenters. The van der Waals surface area contributed by atoms with Crippen LogP contribution in [0.4, 0.5) is 5.82 Å².